The summed E-state index contributed by atoms with van der Waals surface area (Å²) in [6, 6.07) is 7.66. The van der Waals surface area contributed by atoms with Gasteiger partial charge in [-0.25, -0.2) is 23.5 Å². The van der Waals surface area contributed by atoms with Crippen LogP contribution in [0.2, 0.25) is 0 Å². The molecule has 0 aliphatic carbocycles. The molecule has 1 fully saturated rings. The highest BCUT2D eigenvalue weighted by molar-refractivity contribution is 7.89. The van der Waals surface area contributed by atoms with E-state index in [9.17, 15) is 13.2 Å². The van der Waals surface area contributed by atoms with Crippen molar-refractivity contribution in [3.05, 3.63) is 42.2 Å². The Labute approximate surface area is 138 Å². The zero-order valence-corrected chi connectivity index (χ0v) is 13.5. The molecular formula is C15H15N5O3S. The molecule has 1 atom stereocenters. The van der Waals surface area contributed by atoms with Crippen LogP contribution in [0.5, 0.6) is 0 Å². The number of nitrogens with one attached hydrogen (secondary N) is 1. The van der Waals surface area contributed by atoms with Gasteiger partial charge in [0.25, 0.3) is 0 Å². The molecule has 1 aromatic heterocycles. The van der Waals surface area contributed by atoms with Crippen LogP contribution in [0.4, 0.5) is 11.6 Å². The van der Waals surface area contributed by atoms with Crippen molar-refractivity contribution < 1.29 is 13.2 Å². The van der Waals surface area contributed by atoms with Gasteiger partial charge in [-0.1, -0.05) is 18.2 Å². The van der Waals surface area contributed by atoms with Crippen LogP contribution in [0.1, 0.15) is 12.0 Å². The summed E-state index contributed by atoms with van der Waals surface area (Å²) >= 11 is 0. The molecule has 2 aliphatic rings. The van der Waals surface area contributed by atoms with Crippen LogP contribution in [-0.4, -0.2) is 37.4 Å². The number of amides is 1. The summed E-state index contributed by atoms with van der Waals surface area (Å²) in [6.45, 7) is 1.06. The van der Waals surface area contributed by atoms with Crippen molar-refractivity contribution in [3.63, 3.8) is 0 Å². The number of para-hydroxylation sites is 1. The minimum atomic E-state index is -3.82. The molecule has 1 amide bonds. The third-order valence-corrected chi connectivity index (χ3v) is 5.49. The number of hydrogen-bond acceptors (Lipinski definition) is 6. The Morgan fingerprint density at radius 3 is 2.62 bits per heavy atom. The monoisotopic (exact) mass is 345 g/mol. The zero-order valence-electron chi connectivity index (χ0n) is 12.6. The molecule has 3 N–H and O–H groups in total. The van der Waals surface area contributed by atoms with E-state index < -0.39 is 15.4 Å². The number of carbonyl (C=O) groups is 1. The number of anilines is 2. The summed E-state index contributed by atoms with van der Waals surface area (Å²) in [5.74, 6) is 0.365. The van der Waals surface area contributed by atoms with Crippen molar-refractivity contribution in [1.82, 2.24) is 9.97 Å². The first kappa shape index (κ1) is 15.0. The molecule has 8 nitrogen and oxygen atoms in total. The Kier molecular flexibility index (Phi) is 3.12. The lowest BCUT2D eigenvalue weighted by Crippen LogP contribution is -2.38. The Morgan fingerprint density at radius 1 is 1.21 bits per heavy atom. The van der Waals surface area contributed by atoms with Crippen LogP contribution in [0.25, 0.3) is 0 Å². The lowest BCUT2D eigenvalue weighted by Gasteiger charge is -2.22. The molecule has 9 heteroatoms. The number of primary sulfonamides is 1. The lowest BCUT2D eigenvalue weighted by molar-refractivity contribution is -0.120. The Morgan fingerprint density at radius 2 is 1.92 bits per heavy atom. The molecule has 0 radical (unpaired) electrons. The largest absolute Gasteiger partial charge is 0.339 e. The van der Waals surface area contributed by atoms with E-state index in [1.807, 2.05) is 29.2 Å². The summed E-state index contributed by atoms with van der Waals surface area (Å²) < 4.78 is 22.6. The van der Waals surface area contributed by atoms with E-state index in [4.69, 9.17) is 5.14 Å². The fourth-order valence-electron chi connectivity index (χ4n) is 3.38. The summed E-state index contributed by atoms with van der Waals surface area (Å²) in [4.78, 5) is 22.5. The number of rotatable bonds is 2. The van der Waals surface area contributed by atoms with Gasteiger partial charge in [-0.15, -0.1) is 0 Å². The minimum Gasteiger partial charge on any atom is -0.339 e. The predicted molar refractivity (Wildman–Crippen MR) is 87.0 cm³/mol. The molecule has 3 heterocycles. The van der Waals surface area contributed by atoms with Gasteiger partial charge in [0.05, 0.1) is 17.8 Å². The number of nitrogens with two attached hydrogens (primary N) is 1. The van der Waals surface area contributed by atoms with Gasteiger partial charge in [0.2, 0.25) is 21.9 Å². The fraction of sp³-hybridized carbons (Fsp3) is 0.267. The summed E-state index contributed by atoms with van der Waals surface area (Å²) in [5.41, 5.74) is 1.21. The number of sulfonamides is 1. The van der Waals surface area contributed by atoms with Gasteiger partial charge >= 0.3 is 0 Å². The second kappa shape index (κ2) is 4.99. The van der Waals surface area contributed by atoms with E-state index >= 15 is 0 Å². The molecular weight excluding hydrogens is 330 g/mol. The van der Waals surface area contributed by atoms with E-state index in [2.05, 4.69) is 15.3 Å². The van der Waals surface area contributed by atoms with Gasteiger partial charge in [0.1, 0.15) is 4.90 Å². The van der Waals surface area contributed by atoms with Crippen LogP contribution in [0.3, 0.4) is 0 Å². The maximum Gasteiger partial charge on any atom is 0.241 e. The van der Waals surface area contributed by atoms with Crippen LogP contribution in [-0.2, 0) is 20.2 Å². The fourth-order valence-corrected chi connectivity index (χ4v) is 3.78. The van der Waals surface area contributed by atoms with Crippen molar-refractivity contribution in [1.29, 1.82) is 0 Å². The second-order valence-electron chi connectivity index (χ2n) is 6.02. The third-order valence-electron chi connectivity index (χ3n) is 4.62. The van der Waals surface area contributed by atoms with Gasteiger partial charge in [0, 0.05) is 18.8 Å². The van der Waals surface area contributed by atoms with Crippen molar-refractivity contribution in [3.8, 4) is 0 Å². The molecule has 0 bridgehead atoms. The van der Waals surface area contributed by atoms with Crippen molar-refractivity contribution >= 4 is 27.6 Å². The maximum absolute atomic E-state index is 12.5. The highest BCUT2D eigenvalue weighted by Crippen LogP contribution is 2.44. The predicted octanol–water partition coefficient (Wildman–Crippen LogP) is 0.224. The van der Waals surface area contributed by atoms with Crippen molar-refractivity contribution in [2.45, 2.75) is 16.7 Å². The smallest absolute Gasteiger partial charge is 0.241 e. The third kappa shape index (κ3) is 2.16. The zero-order chi connectivity index (χ0) is 16.9. The number of aromatic nitrogens is 2. The van der Waals surface area contributed by atoms with Crippen molar-refractivity contribution in [2.75, 3.05) is 23.3 Å². The highest BCUT2D eigenvalue weighted by atomic mass is 32.2. The second-order valence-corrected chi connectivity index (χ2v) is 7.58. The number of benzene rings is 1. The Hall–Kier alpha value is -2.52. The average Bonchev–Trinajstić information content (AvgIpc) is 3.11. The minimum absolute atomic E-state index is 0.0210. The summed E-state index contributed by atoms with van der Waals surface area (Å²) in [7, 11) is -3.82. The molecule has 0 saturated carbocycles. The number of fused-ring (bicyclic) bond motifs is 2. The molecule has 124 valence electrons. The maximum atomic E-state index is 12.5. The van der Waals surface area contributed by atoms with Gasteiger partial charge in [-0.2, -0.15) is 0 Å². The first-order valence-electron chi connectivity index (χ1n) is 7.41. The first-order chi connectivity index (χ1) is 11.4. The van der Waals surface area contributed by atoms with Crippen LogP contribution in [0.15, 0.2) is 41.6 Å². The molecule has 1 unspecified atom stereocenters. The summed E-state index contributed by atoms with van der Waals surface area (Å²) in [6.07, 6.45) is 3.02. The number of nitrogens with zero attached hydrogens (tertiary/aromatic N) is 3. The van der Waals surface area contributed by atoms with Crippen LogP contribution in [0, 0.1) is 0 Å². The van der Waals surface area contributed by atoms with E-state index in [-0.39, 0.29) is 10.8 Å². The standard InChI is InChI=1S/C15H15N5O3S/c16-24(22,23)10-7-17-14(18-8-10)20-6-5-15(9-20)11-3-1-2-4-12(11)19-13(15)21/h1-4,7-8H,5-6,9H2,(H,19,21)(H2,16,22,23). The normalized spacial score (nSPS) is 22.7. The average molecular weight is 345 g/mol. The first-order valence-corrected chi connectivity index (χ1v) is 8.96. The molecule has 2 aliphatic heterocycles. The van der Waals surface area contributed by atoms with Gasteiger partial charge in [-0.05, 0) is 18.1 Å². The van der Waals surface area contributed by atoms with Crippen LogP contribution >= 0.6 is 0 Å². The van der Waals surface area contributed by atoms with Crippen molar-refractivity contribution in [2.24, 2.45) is 5.14 Å². The number of hydrogen-bond donors (Lipinski definition) is 2. The quantitative estimate of drug-likeness (QED) is 0.804. The van der Waals surface area contributed by atoms with E-state index in [0.29, 0.717) is 25.5 Å². The van der Waals surface area contributed by atoms with E-state index in [0.717, 1.165) is 11.3 Å². The SMILES string of the molecule is NS(=O)(=O)c1cnc(N2CCC3(C2)C(=O)Nc2ccccc23)nc1. The molecule has 1 spiro atoms. The lowest BCUT2D eigenvalue weighted by atomic mass is 9.81. The Bertz CT molecular complexity index is 928. The molecule has 4 rings (SSSR count). The molecule has 24 heavy (non-hydrogen) atoms. The molecule has 1 saturated heterocycles. The van der Waals surface area contributed by atoms with Gasteiger partial charge in [0.15, 0.2) is 0 Å². The summed E-state index contributed by atoms with van der Waals surface area (Å²) in [5, 5.41) is 7.98. The van der Waals surface area contributed by atoms with Gasteiger partial charge < -0.3 is 10.2 Å². The van der Waals surface area contributed by atoms with E-state index in [1.165, 1.54) is 12.4 Å². The molecule has 2 aromatic rings. The van der Waals surface area contributed by atoms with E-state index in [1.54, 1.807) is 0 Å². The van der Waals surface area contributed by atoms with Crippen LogP contribution < -0.4 is 15.4 Å². The topological polar surface area (TPSA) is 118 Å². The van der Waals surface area contributed by atoms with Gasteiger partial charge in [-0.3, -0.25) is 4.79 Å². The number of carbonyl (C=O) groups excluding carboxylic acids is 1. The highest BCUT2D eigenvalue weighted by Gasteiger charge is 2.51. The Balaban J connectivity index is 1.65. The molecule has 1 aromatic carbocycles.